The lowest BCUT2D eigenvalue weighted by Crippen LogP contribution is -2.10. The monoisotopic (exact) mass is 320 g/mol. The molecule has 2 N–H and O–H groups in total. The number of hydrogen-bond donors (Lipinski definition) is 2. The number of phenolic OH excluding ortho intramolecular Hbond substituents is 1. The van der Waals surface area contributed by atoms with Crippen molar-refractivity contribution < 1.29 is 5.11 Å². The van der Waals surface area contributed by atoms with Gasteiger partial charge in [0.2, 0.25) is 0 Å². The first-order chi connectivity index (χ1) is 9.10. The van der Waals surface area contributed by atoms with Gasteiger partial charge in [-0.2, -0.15) is 0 Å². The van der Waals surface area contributed by atoms with Crippen molar-refractivity contribution >= 4 is 21.6 Å². The van der Waals surface area contributed by atoms with E-state index < -0.39 is 0 Å². The molecule has 0 bridgehead atoms. The van der Waals surface area contributed by atoms with E-state index in [0.29, 0.717) is 5.75 Å². The molecular formula is C15H17BrN2O. The fourth-order valence-electron chi connectivity index (χ4n) is 1.97. The molecule has 0 fully saturated rings. The van der Waals surface area contributed by atoms with E-state index in [2.05, 4.69) is 39.2 Å². The summed E-state index contributed by atoms with van der Waals surface area (Å²) in [7, 11) is 0. The Bertz CT molecular complexity index is 555. The third-order valence-electron chi connectivity index (χ3n) is 3.06. The van der Waals surface area contributed by atoms with Gasteiger partial charge in [-0.25, -0.2) is 4.98 Å². The lowest BCUT2D eigenvalue weighted by Gasteiger charge is -2.19. The molecule has 0 saturated carbocycles. The highest BCUT2D eigenvalue weighted by Crippen LogP contribution is 2.25. The average Bonchev–Trinajstić information content (AvgIpc) is 2.41. The maximum Gasteiger partial charge on any atom is 0.115 e. The highest BCUT2D eigenvalue weighted by atomic mass is 79.9. The van der Waals surface area contributed by atoms with Crippen LogP contribution in [0.25, 0.3) is 0 Å². The number of aromatic nitrogens is 1. The van der Waals surface area contributed by atoms with Crippen molar-refractivity contribution in [2.75, 3.05) is 5.32 Å². The number of nitrogens with one attached hydrogen (secondary N) is 1. The van der Waals surface area contributed by atoms with Gasteiger partial charge in [0.1, 0.15) is 10.4 Å². The van der Waals surface area contributed by atoms with Crippen LogP contribution in [0.3, 0.4) is 0 Å². The van der Waals surface area contributed by atoms with E-state index in [1.807, 2.05) is 25.3 Å². The summed E-state index contributed by atoms with van der Waals surface area (Å²) in [5.74, 6) is 0.291. The lowest BCUT2D eigenvalue weighted by atomic mass is 10.0. The van der Waals surface area contributed by atoms with Crippen molar-refractivity contribution in [1.82, 2.24) is 4.98 Å². The Morgan fingerprint density at radius 1 is 1.32 bits per heavy atom. The molecule has 0 saturated heterocycles. The second-order valence-electron chi connectivity index (χ2n) is 4.53. The molecule has 0 amide bonds. The van der Waals surface area contributed by atoms with E-state index >= 15 is 0 Å². The Hall–Kier alpha value is -1.55. The lowest BCUT2D eigenvalue weighted by molar-refractivity contribution is 0.475. The molecule has 2 aromatic rings. The van der Waals surface area contributed by atoms with Crippen molar-refractivity contribution in [3.05, 3.63) is 52.3 Å². The zero-order valence-corrected chi connectivity index (χ0v) is 12.6. The van der Waals surface area contributed by atoms with Gasteiger partial charge in [0.05, 0.1) is 17.9 Å². The van der Waals surface area contributed by atoms with Gasteiger partial charge < -0.3 is 10.4 Å². The van der Waals surface area contributed by atoms with Gasteiger partial charge in [0, 0.05) is 0 Å². The maximum absolute atomic E-state index is 9.33. The van der Waals surface area contributed by atoms with Crippen LogP contribution in [0.1, 0.15) is 30.5 Å². The third kappa shape index (κ3) is 3.47. The van der Waals surface area contributed by atoms with Crippen molar-refractivity contribution in [3.63, 3.8) is 0 Å². The van der Waals surface area contributed by atoms with E-state index in [4.69, 9.17) is 0 Å². The number of phenols is 1. The average molecular weight is 321 g/mol. The molecule has 1 aromatic carbocycles. The molecule has 0 aliphatic carbocycles. The molecule has 4 heteroatoms. The predicted octanol–water partition coefficient (Wildman–Crippen LogP) is 4.42. The number of pyridine rings is 1. The van der Waals surface area contributed by atoms with Crippen molar-refractivity contribution in [1.29, 1.82) is 0 Å². The molecule has 1 heterocycles. The van der Waals surface area contributed by atoms with E-state index in [-0.39, 0.29) is 6.04 Å². The van der Waals surface area contributed by atoms with Crippen molar-refractivity contribution in [3.8, 4) is 5.75 Å². The van der Waals surface area contributed by atoms with Crippen LogP contribution in [0.5, 0.6) is 5.75 Å². The van der Waals surface area contributed by atoms with Crippen LogP contribution in [-0.2, 0) is 0 Å². The van der Waals surface area contributed by atoms with Gasteiger partial charge in [-0.15, -0.1) is 0 Å². The number of aromatic hydroxyl groups is 1. The van der Waals surface area contributed by atoms with Crippen LogP contribution >= 0.6 is 15.9 Å². The normalized spacial score (nSPS) is 12.2. The van der Waals surface area contributed by atoms with Crippen LogP contribution in [0.4, 0.5) is 5.69 Å². The van der Waals surface area contributed by atoms with Crippen LogP contribution in [0.2, 0.25) is 0 Å². The molecule has 1 unspecified atom stereocenters. The summed E-state index contributed by atoms with van der Waals surface area (Å²) in [5.41, 5.74) is 3.26. The van der Waals surface area contributed by atoms with E-state index in [9.17, 15) is 5.11 Å². The first-order valence-corrected chi connectivity index (χ1v) is 7.07. The standard InChI is InChI=1S/C15H17BrN2O/c1-3-14(11-4-6-13(19)7-5-11)18-12-8-10(2)15(16)17-9-12/h4-9,14,18-19H,3H2,1-2H3. The SMILES string of the molecule is CCC(Nc1cnc(Br)c(C)c1)c1ccc(O)cc1. The summed E-state index contributed by atoms with van der Waals surface area (Å²) in [5, 5.41) is 12.8. The fraction of sp³-hybridized carbons (Fsp3) is 0.267. The molecule has 100 valence electrons. The summed E-state index contributed by atoms with van der Waals surface area (Å²) in [6, 6.07) is 9.59. The Morgan fingerprint density at radius 2 is 2.00 bits per heavy atom. The Labute approximate surface area is 121 Å². The molecule has 0 aliphatic rings. The Balaban J connectivity index is 2.18. The highest BCUT2D eigenvalue weighted by Gasteiger charge is 2.10. The minimum absolute atomic E-state index is 0.211. The van der Waals surface area contributed by atoms with Gasteiger partial charge in [-0.1, -0.05) is 19.1 Å². The molecular weight excluding hydrogens is 304 g/mol. The zero-order valence-electron chi connectivity index (χ0n) is 11.0. The number of rotatable bonds is 4. The molecule has 2 rings (SSSR count). The van der Waals surface area contributed by atoms with E-state index in [0.717, 1.165) is 27.8 Å². The largest absolute Gasteiger partial charge is 0.508 e. The highest BCUT2D eigenvalue weighted by molar-refractivity contribution is 9.10. The predicted molar refractivity (Wildman–Crippen MR) is 81.4 cm³/mol. The second kappa shape index (κ2) is 6.06. The number of halogens is 1. The van der Waals surface area contributed by atoms with Gasteiger partial charge in [-0.05, 0) is 58.6 Å². The van der Waals surface area contributed by atoms with Gasteiger partial charge in [0.25, 0.3) is 0 Å². The number of anilines is 1. The van der Waals surface area contributed by atoms with Crippen LogP contribution < -0.4 is 5.32 Å². The zero-order chi connectivity index (χ0) is 13.8. The van der Waals surface area contributed by atoms with Crippen molar-refractivity contribution in [2.45, 2.75) is 26.3 Å². The van der Waals surface area contributed by atoms with E-state index in [1.165, 1.54) is 0 Å². The summed E-state index contributed by atoms with van der Waals surface area (Å²) >= 11 is 3.40. The quantitative estimate of drug-likeness (QED) is 0.819. The maximum atomic E-state index is 9.33. The Morgan fingerprint density at radius 3 is 2.58 bits per heavy atom. The summed E-state index contributed by atoms with van der Waals surface area (Å²) in [4.78, 5) is 4.29. The number of aryl methyl sites for hydroxylation is 1. The number of nitrogens with zero attached hydrogens (tertiary/aromatic N) is 1. The minimum atomic E-state index is 0.211. The van der Waals surface area contributed by atoms with Gasteiger partial charge in [-0.3, -0.25) is 0 Å². The number of hydrogen-bond acceptors (Lipinski definition) is 3. The summed E-state index contributed by atoms with van der Waals surface area (Å²) in [6.45, 7) is 4.15. The molecule has 0 spiro atoms. The smallest absolute Gasteiger partial charge is 0.115 e. The third-order valence-corrected chi connectivity index (χ3v) is 3.89. The Kier molecular flexibility index (Phi) is 4.43. The van der Waals surface area contributed by atoms with Crippen molar-refractivity contribution in [2.24, 2.45) is 0 Å². The van der Waals surface area contributed by atoms with Gasteiger partial charge in [0.15, 0.2) is 0 Å². The summed E-state index contributed by atoms with van der Waals surface area (Å²) < 4.78 is 0.871. The fourth-order valence-corrected chi connectivity index (χ4v) is 2.18. The summed E-state index contributed by atoms with van der Waals surface area (Å²) in [6.07, 6.45) is 2.78. The molecule has 1 aromatic heterocycles. The van der Waals surface area contributed by atoms with Crippen LogP contribution in [0, 0.1) is 6.92 Å². The molecule has 0 aliphatic heterocycles. The molecule has 0 radical (unpaired) electrons. The minimum Gasteiger partial charge on any atom is -0.508 e. The van der Waals surface area contributed by atoms with E-state index in [1.54, 1.807) is 12.1 Å². The number of benzene rings is 1. The van der Waals surface area contributed by atoms with Crippen LogP contribution in [0.15, 0.2) is 41.1 Å². The van der Waals surface area contributed by atoms with Gasteiger partial charge >= 0.3 is 0 Å². The second-order valence-corrected chi connectivity index (χ2v) is 5.28. The first kappa shape index (κ1) is 13.9. The molecule has 19 heavy (non-hydrogen) atoms. The first-order valence-electron chi connectivity index (χ1n) is 6.27. The topological polar surface area (TPSA) is 45.2 Å². The molecule has 1 atom stereocenters. The van der Waals surface area contributed by atoms with Crippen LogP contribution in [-0.4, -0.2) is 10.1 Å². The molecule has 3 nitrogen and oxygen atoms in total.